The number of sulfonamides is 1. The maximum absolute atomic E-state index is 13.0. The topological polar surface area (TPSA) is 87.5 Å². The fourth-order valence-electron chi connectivity index (χ4n) is 3.70. The molecule has 172 valence electrons. The van der Waals surface area contributed by atoms with Crippen LogP contribution in [0.15, 0.2) is 48.5 Å². The van der Waals surface area contributed by atoms with E-state index in [4.69, 9.17) is 0 Å². The van der Waals surface area contributed by atoms with Gasteiger partial charge in [0, 0.05) is 13.1 Å². The lowest BCUT2D eigenvalue weighted by atomic mass is 10.2. The van der Waals surface area contributed by atoms with E-state index in [0.717, 1.165) is 46.8 Å². The molecule has 0 atom stereocenters. The monoisotopic (exact) mass is 457 g/mol. The fraction of sp³-hybridized carbons (Fsp3) is 0.391. The maximum atomic E-state index is 13.0. The van der Waals surface area contributed by atoms with Crippen LogP contribution in [0.3, 0.4) is 0 Å². The van der Waals surface area contributed by atoms with Gasteiger partial charge in [-0.3, -0.25) is 14.4 Å². The molecule has 9 heteroatoms. The van der Waals surface area contributed by atoms with Gasteiger partial charge in [0.1, 0.15) is 6.54 Å². The maximum Gasteiger partial charge on any atom is 0.247 e. The lowest BCUT2D eigenvalue weighted by Crippen LogP contribution is -2.38. The second-order valence-corrected chi connectivity index (χ2v) is 9.61. The molecule has 3 rings (SSSR count). The second kappa shape index (κ2) is 10.1. The molecule has 0 bridgehead atoms. The number of aromatic nitrogens is 2. The van der Waals surface area contributed by atoms with Crippen molar-refractivity contribution in [1.82, 2.24) is 14.5 Å². The molecule has 2 aromatic carbocycles. The van der Waals surface area contributed by atoms with Gasteiger partial charge in [-0.2, -0.15) is 0 Å². The number of carbonyl (C=O) groups excluding carboxylic acids is 1. The Morgan fingerprint density at radius 1 is 1.06 bits per heavy atom. The van der Waals surface area contributed by atoms with Crippen LogP contribution >= 0.6 is 0 Å². The number of nitrogens with zero attached hydrogens (tertiary/aromatic N) is 4. The van der Waals surface area contributed by atoms with E-state index in [1.807, 2.05) is 47.9 Å². The Kier molecular flexibility index (Phi) is 7.52. The van der Waals surface area contributed by atoms with Crippen molar-refractivity contribution < 1.29 is 13.2 Å². The summed E-state index contributed by atoms with van der Waals surface area (Å²) in [5.74, 6) is -0.0281. The Hall–Kier alpha value is -2.91. The second-order valence-electron chi connectivity index (χ2n) is 7.71. The van der Waals surface area contributed by atoms with Crippen LogP contribution < -0.4 is 9.62 Å². The van der Waals surface area contributed by atoms with Gasteiger partial charge in [-0.15, -0.1) is 0 Å². The Balaban J connectivity index is 1.87. The van der Waals surface area contributed by atoms with Crippen molar-refractivity contribution in [2.24, 2.45) is 0 Å². The molecule has 1 amide bonds. The molecular formula is C23H31N5O3S. The first-order chi connectivity index (χ1) is 15.2. The molecule has 0 saturated carbocycles. The first kappa shape index (κ1) is 23.7. The highest BCUT2D eigenvalue weighted by Gasteiger charge is 2.23. The number of fused-ring (bicyclic) bond motifs is 1. The average molecular weight is 458 g/mol. The number of likely N-dealkylation sites (N-methyl/N-ethyl adjacent to an activating group) is 1. The number of hydrogen-bond acceptors (Lipinski definition) is 5. The van der Waals surface area contributed by atoms with Crippen molar-refractivity contribution in [1.29, 1.82) is 0 Å². The molecule has 0 fully saturated rings. The summed E-state index contributed by atoms with van der Waals surface area (Å²) >= 11 is 0. The van der Waals surface area contributed by atoms with E-state index in [0.29, 0.717) is 18.2 Å². The summed E-state index contributed by atoms with van der Waals surface area (Å²) in [7, 11) is -3.65. The van der Waals surface area contributed by atoms with Gasteiger partial charge in [0.2, 0.25) is 21.9 Å². The molecule has 3 aromatic rings. The van der Waals surface area contributed by atoms with Gasteiger partial charge in [-0.05, 0) is 43.8 Å². The largest absolute Gasteiger partial charge is 0.309 e. The van der Waals surface area contributed by atoms with E-state index in [9.17, 15) is 13.2 Å². The number of amides is 1. The summed E-state index contributed by atoms with van der Waals surface area (Å²) in [4.78, 5) is 19.8. The molecule has 1 heterocycles. The third-order valence-electron chi connectivity index (χ3n) is 5.51. The third-order valence-corrected chi connectivity index (χ3v) is 6.64. The van der Waals surface area contributed by atoms with Gasteiger partial charge < -0.3 is 9.47 Å². The molecule has 0 aliphatic heterocycles. The van der Waals surface area contributed by atoms with Gasteiger partial charge >= 0.3 is 0 Å². The summed E-state index contributed by atoms with van der Waals surface area (Å²) < 4.78 is 28.0. The lowest BCUT2D eigenvalue weighted by molar-refractivity contribution is -0.114. The molecule has 0 spiro atoms. The van der Waals surface area contributed by atoms with E-state index in [1.54, 1.807) is 12.1 Å². The number of aryl methyl sites for hydroxylation is 1. The Morgan fingerprint density at radius 3 is 2.38 bits per heavy atom. The van der Waals surface area contributed by atoms with Gasteiger partial charge in [0.15, 0.2) is 0 Å². The van der Waals surface area contributed by atoms with Gasteiger partial charge in [-0.1, -0.05) is 44.2 Å². The predicted octanol–water partition coefficient (Wildman–Crippen LogP) is 3.09. The van der Waals surface area contributed by atoms with E-state index in [-0.39, 0.29) is 6.54 Å². The molecule has 1 N–H and O–H groups in total. The SMILES string of the molecule is CCN(CC)CCn1c(NC(=O)CN(c2ccccc2C)S(C)(=O)=O)nc2ccccc21. The zero-order chi connectivity index (χ0) is 23.3. The first-order valence-corrected chi connectivity index (χ1v) is 12.6. The number of anilines is 2. The summed E-state index contributed by atoms with van der Waals surface area (Å²) in [5.41, 5.74) is 2.97. The van der Waals surface area contributed by atoms with Crippen LogP contribution in [0.5, 0.6) is 0 Å². The Bertz CT molecular complexity index is 1190. The molecule has 0 aliphatic carbocycles. The van der Waals surface area contributed by atoms with Gasteiger partial charge in [0.05, 0.1) is 23.0 Å². The van der Waals surface area contributed by atoms with Crippen molar-refractivity contribution in [3.63, 3.8) is 0 Å². The minimum Gasteiger partial charge on any atom is -0.309 e. The van der Waals surface area contributed by atoms with Crippen molar-refractivity contribution in [3.8, 4) is 0 Å². The molecule has 0 aliphatic rings. The van der Waals surface area contributed by atoms with Crippen LogP contribution in [-0.4, -0.2) is 61.2 Å². The Labute approximate surface area is 189 Å². The Morgan fingerprint density at radius 2 is 1.72 bits per heavy atom. The zero-order valence-corrected chi connectivity index (χ0v) is 19.9. The number of rotatable bonds is 10. The number of benzene rings is 2. The van der Waals surface area contributed by atoms with Crippen LogP contribution in [0.2, 0.25) is 0 Å². The number of nitrogens with one attached hydrogen (secondary N) is 1. The quantitative estimate of drug-likeness (QED) is 0.506. The molecule has 1 aromatic heterocycles. The van der Waals surface area contributed by atoms with Crippen LogP contribution in [0.1, 0.15) is 19.4 Å². The highest BCUT2D eigenvalue weighted by Crippen LogP contribution is 2.23. The molecule has 0 saturated heterocycles. The van der Waals surface area contributed by atoms with E-state index < -0.39 is 15.9 Å². The third kappa shape index (κ3) is 5.46. The number of para-hydroxylation sites is 3. The summed E-state index contributed by atoms with van der Waals surface area (Å²) in [6, 6.07) is 14.8. The van der Waals surface area contributed by atoms with E-state index in [2.05, 4.69) is 29.0 Å². The van der Waals surface area contributed by atoms with E-state index >= 15 is 0 Å². The zero-order valence-electron chi connectivity index (χ0n) is 19.1. The lowest BCUT2D eigenvalue weighted by Gasteiger charge is -2.23. The van der Waals surface area contributed by atoms with Gasteiger partial charge in [-0.25, -0.2) is 13.4 Å². The molecular weight excluding hydrogens is 426 g/mol. The first-order valence-electron chi connectivity index (χ1n) is 10.7. The van der Waals surface area contributed by atoms with Crippen LogP contribution in [0, 0.1) is 6.92 Å². The minimum atomic E-state index is -3.65. The highest BCUT2D eigenvalue weighted by molar-refractivity contribution is 7.92. The normalized spacial score (nSPS) is 11.8. The van der Waals surface area contributed by atoms with Crippen molar-refractivity contribution >= 4 is 38.6 Å². The number of carbonyl (C=O) groups is 1. The van der Waals surface area contributed by atoms with Crippen LogP contribution in [-0.2, 0) is 21.4 Å². The predicted molar refractivity (Wildman–Crippen MR) is 130 cm³/mol. The van der Waals surface area contributed by atoms with Crippen molar-refractivity contribution in [2.75, 3.05) is 42.1 Å². The number of imidazole rings is 1. The minimum absolute atomic E-state index is 0.330. The van der Waals surface area contributed by atoms with Crippen LogP contribution in [0.4, 0.5) is 11.6 Å². The van der Waals surface area contributed by atoms with Crippen molar-refractivity contribution in [2.45, 2.75) is 27.3 Å². The molecule has 32 heavy (non-hydrogen) atoms. The highest BCUT2D eigenvalue weighted by atomic mass is 32.2. The smallest absolute Gasteiger partial charge is 0.247 e. The van der Waals surface area contributed by atoms with Gasteiger partial charge in [0.25, 0.3) is 0 Å². The summed E-state index contributed by atoms with van der Waals surface area (Å²) in [6.07, 6.45) is 1.10. The standard InChI is InChI=1S/C23H31N5O3S/c1-5-26(6-2)15-16-27-21-14-10-8-12-19(21)24-23(27)25-22(29)17-28(32(4,30)31)20-13-9-7-11-18(20)3/h7-14H,5-6,15-17H2,1-4H3,(H,24,25,29). The molecule has 0 unspecified atom stereocenters. The van der Waals surface area contributed by atoms with Crippen LogP contribution in [0.25, 0.3) is 11.0 Å². The summed E-state index contributed by atoms with van der Waals surface area (Å²) in [5, 5.41) is 2.84. The fourth-order valence-corrected chi connectivity index (χ4v) is 4.61. The van der Waals surface area contributed by atoms with Crippen molar-refractivity contribution in [3.05, 3.63) is 54.1 Å². The molecule has 8 nitrogen and oxygen atoms in total. The average Bonchev–Trinajstić information content (AvgIpc) is 3.09. The number of hydrogen-bond donors (Lipinski definition) is 1. The summed E-state index contributed by atoms with van der Waals surface area (Å²) in [6.45, 7) is 9.06. The van der Waals surface area contributed by atoms with E-state index in [1.165, 1.54) is 0 Å². The molecule has 0 radical (unpaired) electrons.